The second-order valence-corrected chi connectivity index (χ2v) is 6.11. The van der Waals surface area contributed by atoms with Gasteiger partial charge in [-0.25, -0.2) is 0 Å². The SMILES string of the molecule is COc1ccc(OC)c(C(=O)N2CC[C@@H]3CNC[C@@H]3CC2)c1. The van der Waals surface area contributed by atoms with E-state index in [2.05, 4.69) is 5.32 Å². The Morgan fingerprint density at radius 2 is 1.82 bits per heavy atom. The minimum Gasteiger partial charge on any atom is -0.497 e. The van der Waals surface area contributed by atoms with Crippen molar-refractivity contribution in [1.29, 1.82) is 0 Å². The lowest BCUT2D eigenvalue weighted by atomic mass is 9.92. The van der Waals surface area contributed by atoms with Crippen molar-refractivity contribution in [2.24, 2.45) is 11.8 Å². The molecule has 1 aromatic rings. The van der Waals surface area contributed by atoms with Gasteiger partial charge in [0.15, 0.2) is 0 Å². The van der Waals surface area contributed by atoms with Crippen LogP contribution >= 0.6 is 0 Å². The van der Waals surface area contributed by atoms with E-state index in [1.807, 2.05) is 11.0 Å². The number of hydrogen-bond acceptors (Lipinski definition) is 4. The zero-order valence-electron chi connectivity index (χ0n) is 13.3. The molecule has 5 nitrogen and oxygen atoms in total. The van der Waals surface area contributed by atoms with Crippen molar-refractivity contribution in [2.75, 3.05) is 40.4 Å². The number of fused-ring (bicyclic) bond motifs is 1. The molecule has 0 bridgehead atoms. The van der Waals surface area contributed by atoms with E-state index in [0.717, 1.165) is 39.0 Å². The minimum atomic E-state index is 0.0451. The maximum Gasteiger partial charge on any atom is 0.257 e. The third-order valence-electron chi connectivity index (χ3n) is 4.94. The molecule has 1 N–H and O–H groups in total. The first-order chi connectivity index (χ1) is 10.7. The van der Waals surface area contributed by atoms with E-state index in [1.165, 1.54) is 0 Å². The summed E-state index contributed by atoms with van der Waals surface area (Å²) in [7, 11) is 3.20. The lowest BCUT2D eigenvalue weighted by Crippen LogP contribution is -2.33. The summed E-state index contributed by atoms with van der Waals surface area (Å²) < 4.78 is 10.6. The molecular weight excluding hydrogens is 280 g/mol. The summed E-state index contributed by atoms with van der Waals surface area (Å²) in [4.78, 5) is 14.9. The highest BCUT2D eigenvalue weighted by atomic mass is 16.5. The Hall–Kier alpha value is -1.75. The lowest BCUT2D eigenvalue weighted by molar-refractivity contribution is 0.0754. The first kappa shape index (κ1) is 15.2. The van der Waals surface area contributed by atoms with Gasteiger partial charge in [-0.3, -0.25) is 4.79 Å². The van der Waals surface area contributed by atoms with Gasteiger partial charge in [-0.1, -0.05) is 0 Å². The van der Waals surface area contributed by atoms with Crippen LogP contribution in [-0.2, 0) is 0 Å². The number of carbonyl (C=O) groups excluding carboxylic acids is 1. The van der Waals surface area contributed by atoms with Crippen molar-refractivity contribution >= 4 is 5.91 Å². The van der Waals surface area contributed by atoms with Crippen LogP contribution in [0.1, 0.15) is 23.2 Å². The van der Waals surface area contributed by atoms with Gasteiger partial charge in [0.25, 0.3) is 5.91 Å². The van der Waals surface area contributed by atoms with Gasteiger partial charge in [-0.15, -0.1) is 0 Å². The van der Waals surface area contributed by atoms with Gasteiger partial charge in [0.05, 0.1) is 19.8 Å². The summed E-state index contributed by atoms with van der Waals surface area (Å²) in [6.07, 6.45) is 2.16. The zero-order valence-corrected chi connectivity index (χ0v) is 13.3. The highest BCUT2D eigenvalue weighted by Crippen LogP contribution is 2.30. The van der Waals surface area contributed by atoms with Crippen LogP contribution in [-0.4, -0.2) is 51.2 Å². The lowest BCUT2D eigenvalue weighted by Gasteiger charge is -2.22. The number of ether oxygens (including phenoxy) is 2. The fraction of sp³-hybridized carbons (Fsp3) is 0.588. The highest BCUT2D eigenvalue weighted by molar-refractivity contribution is 5.97. The quantitative estimate of drug-likeness (QED) is 0.925. The Morgan fingerprint density at radius 3 is 2.41 bits per heavy atom. The number of rotatable bonds is 3. The summed E-state index contributed by atoms with van der Waals surface area (Å²) in [5.41, 5.74) is 0.590. The molecule has 2 heterocycles. The molecule has 0 radical (unpaired) electrons. The summed E-state index contributed by atoms with van der Waals surface area (Å²) in [6, 6.07) is 5.38. The Labute approximate surface area is 131 Å². The molecule has 2 atom stereocenters. The first-order valence-electron chi connectivity index (χ1n) is 7.95. The van der Waals surface area contributed by atoms with Crippen LogP contribution in [0, 0.1) is 11.8 Å². The van der Waals surface area contributed by atoms with Crippen LogP contribution < -0.4 is 14.8 Å². The van der Waals surface area contributed by atoms with Crippen molar-refractivity contribution in [3.05, 3.63) is 23.8 Å². The zero-order chi connectivity index (χ0) is 15.5. The molecule has 1 amide bonds. The number of methoxy groups -OCH3 is 2. The molecule has 0 saturated carbocycles. The molecule has 0 aliphatic carbocycles. The maximum absolute atomic E-state index is 12.9. The number of carbonyl (C=O) groups is 1. The summed E-state index contributed by atoms with van der Waals surface area (Å²) in [6.45, 7) is 3.83. The van der Waals surface area contributed by atoms with Crippen molar-refractivity contribution in [3.63, 3.8) is 0 Å². The summed E-state index contributed by atoms with van der Waals surface area (Å²) >= 11 is 0. The number of hydrogen-bond donors (Lipinski definition) is 1. The molecule has 120 valence electrons. The third kappa shape index (κ3) is 2.90. The number of nitrogens with one attached hydrogen (secondary N) is 1. The van der Waals surface area contributed by atoms with E-state index in [-0.39, 0.29) is 5.91 Å². The number of amides is 1. The topological polar surface area (TPSA) is 50.8 Å². The predicted octanol–water partition coefficient (Wildman–Crippen LogP) is 1.78. The summed E-state index contributed by atoms with van der Waals surface area (Å²) in [5, 5.41) is 3.46. The smallest absolute Gasteiger partial charge is 0.257 e. The van der Waals surface area contributed by atoms with Crippen LogP contribution in [0.3, 0.4) is 0 Å². The van der Waals surface area contributed by atoms with E-state index >= 15 is 0 Å². The van der Waals surface area contributed by atoms with Gasteiger partial charge in [0.2, 0.25) is 0 Å². The number of likely N-dealkylation sites (tertiary alicyclic amines) is 1. The van der Waals surface area contributed by atoms with Crippen molar-refractivity contribution < 1.29 is 14.3 Å². The van der Waals surface area contributed by atoms with E-state index in [4.69, 9.17) is 9.47 Å². The monoisotopic (exact) mass is 304 g/mol. The fourth-order valence-corrected chi connectivity index (χ4v) is 3.57. The second kappa shape index (κ2) is 6.57. The van der Waals surface area contributed by atoms with Crippen molar-refractivity contribution in [2.45, 2.75) is 12.8 Å². The molecule has 0 unspecified atom stereocenters. The van der Waals surface area contributed by atoms with E-state index < -0.39 is 0 Å². The van der Waals surface area contributed by atoms with Crippen LogP contribution in [0.5, 0.6) is 11.5 Å². The third-order valence-corrected chi connectivity index (χ3v) is 4.94. The summed E-state index contributed by atoms with van der Waals surface area (Å²) in [5.74, 6) is 2.76. The van der Waals surface area contributed by atoms with Gasteiger partial charge < -0.3 is 19.7 Å². The van der Waals surface area contributed by atoms with Gasteiger partial charge in [-0.2, -0.15) is 0 Å². The van der Waals surface area contributed by atoms with Crippen molar-refractivity contribution in [3.8, 4) is 11.5 Å². The molecule has 2 aliphatic heterocycles. The molecule has 0 aromatic heterocycles. The molecule has 0 spiro atoms. The van der Waals surface area contributed by atoms with Gasteiger partial charge in [0, 0.05) is 13.1 Å². The molecule has 2 aliphatic rings. The van der Waals surface area contributed by atoms with Crippen molar-refractivity contribution in [1.82, 2.24) is 10.2 Å². The average Bonchev–Trinajstić information content (AvgIpc) is 2.92. The number of benzene rings is 1. The highest BCUT2D eigenvalue weighted by Gasteiger charge is 2.32. The molecule has 3 rings (SSSR count). The van der Waals surface area contributed by atoms with Crippen LogP contribution in [0.25, 0.3) is 0 Å². The molecular formula is C17H24N2O3. The Kier molecular flexibility index (Phi) is 4.52. The number of nitrogens with zero attached hydrogens (tertiary/aromatic N) is 1. The molecule has 2 saturated heterocycles. The second-order valence-electron chi connectivity index (χ2n) is 6.11. The Balaban J connectivity index is 1.78. The molecule has 5 heteroatoms. The van der Waals surface area contributed by atoms with Crippen LogP contribution in [0.15, 0.2) is 18.2 Å². The Bertz CT molecular complexity index is 533. The van der Waals surface area contributed by atoms with E-state index in [9.17, 15) is 4.79 Å². The van der Waals surface area contributed by atoms with Crippen LogP contribution in [0.4, 0.5) is 0 Å². The maximum atomic E-state index is 12.9. The largest absolute Gasteiger partial charge is 0.497 e. The van der Waals surface area contributed by atoms with Gasteiger partial charge in [0.1, 0.15) is 11.5 Å². The Morgan fingerprint density at radius 1 is 1.14 bits per heavy atom. The minimum absolute atomic E-state index is 0.0451. The first-order valence-corrected chi connectivity index (χ1v) is 7.95. The average molecular weight is 304 g/mol. The van der Waals surface area contributed by atoms with Crippen LogP contribution in [0.2, 0.25) is 0 Å². The van der Waals surface area contributed by atoms with E-state index in [0.29, 0.717) is 28.9 Å². The van der Waals surface area contributed by atoms with Gasteiger partial charge in [-0.05, 0) is 56.0 Å². The molecule has 2 fully saturated rings. The normalized spacial score (nSPS) is 24.5. The van der Waals surface area contributed by atoms with Gasteiger partial charge >= 0.3 is 0 Å². The predicted molar refractivity (Wildman–Crippen MR) is 84.5 cm³/mol. The standard InChI is InChI=1S/C17H24N2O3/c1-21-14-3-4-16(22-2)15(9-14)17(20)19-7-5-12-10-18-11-13(12)6-8-19/h3-4,9,12-13,18H,5-8,10-11H2,1-2H3/t12-,13+. The molecule has 22 heavy (non-hydrogen) atoms. The van der Waals surface area contributed by atoms with E-state index in [1.54, 1.807) is 26.4 Å². The molecule has 1 aromatic carbocycles. The fourth-order valence-electron chi connectivity index (χ4n) is 3.57.